The average molecular weight is 306 g/mol. The van der Waals surface area contributed by atoms with Crippen LogP contribution in [0.3, 0.4) is 0 Å². The van der Waals surface area contributed by atoms with Crippen molar-refractivity contribution in [3.05, 3.63) is 17.5 Å². The monoisotopic (exact) mass is 306 g/mol. The van der Waals surface area contributed by atoms with Crippen molar-refractivity contribution < 1.29 is 4.79 Å². The van der Waals surface area contributed by atoms with Crippen molar-refractivity contribution in [2.75, 3.05) is 13.6 Å². The van der Waals surface area contributed by atoms with E-state index >= 15 is 0 Å². The number of amides is 1. The molecule has 1 aromatic rings. The van der Waals surface area contributed by atoms with Crippen molar-refractivity contribution in [3.8, 4) is 0 Å². The van der Waals surface area contributed by atoms with Gasteiger partial charge in [-0.1, -0.05) is 25.7 Å². The number of aromatic nitrogens is 2. The first kappa shape index (κ1) is 17.0. The van der Waals surface area contributed by atoms with Crippen LogP contribution in [0.2, 0.25) is 0 Å². The van der Waals surface area contributed by atoms with E-state index in [0.29, 0.717) is 12.6 Å². The van der Waals surface area contributed by atoms with Crippen LogP contribution in [0.4, 0.5) is 0 Å². The maximum Gasteiger partial charge on any atom is 0.234 e. The SMILES string of the molecule is CCn1ncc(CN(C)CC(=O)NC2CCCCCC2)c1C. The molecule has 1 saturated carbocycles. The summed E-state index contributed by atoms with van der Waals surface area (Å²) in [6, 6.07) is 0.382. The van der Waals surface area contributed by atoms with E-state index in [1.807, 2.05) is 17.9 Å². The van der Waals surface area contributed by atoms with E-state index in [-0.39, 0.29) is 5.91 Å². The van der Waals surface area contributed by atoms with E-state index in [1.165, 1.54) is 36.9 Å². The third kappa shape index (κ3) is 4.83. The second-order valence-electron chi connectivity index (χ2n) is 6.50. The fraction of sp³-hybridized carbons (Fsp3) is 0.765. The Hall–Kier alpha value is -1.36. The molecule has 1 aliphatic carbocycles. The van der Waals surface area contributed by atoms with Crippen LogP contribution in [-0.4, -0.2) is 40.2 Å². The summed E-state index contributed by atoms with van der Waals surface area (Å²) in [5.41, 5.74) is 2.39. The van der Waals surface area contributed by atoms with Crippen molar-refractivity contribution in [3.63, 3.8) is 0 Å². The molecule has 1 fully saturated rings. The zero-order valence-corrected chi connectivity index (χ0v) is 14.3. The van der Waals surface area contributed by atoms with Gasteiger partial charge in [0.25, 0.3) is 0 Å². The third-order valence-electron chi connectivity index (χ3n) is 4.58. The molecule has 0 unspecified atom stereocenters. The van der Waals surface area contributed by atoms with Crippen LogP contribution in [-0.2, 0) is 17.9 Å². The lowest BCUT2D eigenvalue weighted by Crippen LogP contribution is -2.40. The highest BCUT2D eigenvalue weighted by molar-refractivity contribution is 5.78. The zero-order chi connectivity index (χ0) is 15.9. The highest BCUT2D eigenvalue weighted by Gasteiger charge is 2.16. The van der Waals surface area contributed by atoms with Gasteiger partial charge in [0.15, 0.2) is 0 Å². The quantitative estimate of drug-likeness (QED) is 0.822. The van der Waals surface area contributed by atoms with Crippen LogP contribution in [0.15, 0.2) is 6.20 Å². The molecule has 0 atom stereocenters. The van der Waals surface area contributed by atoms with Crippen LogP contribution in [0.5, 0.6) is 0 Å². The van der Waals surface area contributed by atoms with Crippen molar-refractivity contribution in [2.45, 2.75) is 71.5 Å². The van der Waals surface area contributed by atoms with Crippen LogP contribution in [0.1, 0.15) is 56.7 Å². The van der Waals surface area contributed by atoms with Gasteiger partial charge in [0.2, 0.25) is 5.91 Å². The van der Waals surface area contributed by atoms with Crippen LogP contribution >= 0.6 is 0 Å². The Morgan fingerprint density at radius 2 is 2.05 bits per heavy atom. The summed E-state index contributed by atoms with van der Waals surface area (Å²) in [6.07, 6.45) is 9.31. The minimum Gasteiger partial charge on any atom is -0.352 e. The standard InChI is InChI=1S/C17H30N4O/c1-4-21-14(2)15(11-18-21)12-20(3)13-17(22)19-16-9-7-5-6-8-10-16/h11,16H,4-10,12-13H2,1-3H3,(H,19,22). The van der Waals surface area contributed by atoms with Gasteiger partial charge < -0.3 is 5.32 Å². The van der Waals surface area contributed by atoms with Gasteiger partial charge in [-0.25, -0.2) is 0 Å². The molecule has 5 heteroatoms. The van der Waals surface area contributed by atoms with Gasteiger partial charge in [-0.05, 0) is 33.7 Å². The van der Waals surface area contributed by atoms with Gasteiger partial charge in [-0.3, -0.25) is 14.4 Å². The van der Waals surface area contributed by atoms with E-state index < -0.39 is 0 Å². The molecule has 1 amide bonds. The Labute approximate surface area is 134 Å². The first-order valence-electron chi connectivity index (χ1n) is 8.59. The molecule has 1 N–H and O–H groups in total. The lowest BCUT2D eigenvalue weighted by molar-refractivity contribution is -0.122. The molecule has 1 heterocycles. The smallest absolute Gasteiger partial charge is 0.234 e. The van der Waals surface area contributed by atoms with Gasteiger partial charge in [-0.2, -0.15) is 5.10 Å². The Balaban J connectivity index is 1.79. The largest absolute Gasteiger partial charge is 0.352 e. The number of hydrogen-bond acceptors (Lipinski definition) is 3. The van der Waals surface area contributed by atoms with Gasteiger partial charge >= 0.3 is 0 Å². The van der Waals surface area contributed by atoms with Crippen molar-refractivity contribution in [2.24, 2.45) is 0 Å². The maximum atomic E-state index is 12.2. The summed E-state index contributed by atoms with van der Waals surface area (Å²) < 4.78 is 1.99. The number of nitrogens with zero attached hydrogens (tertiary/aromatic N) is 3. The lowest BCUT2D eigenvalue weighted by atomic mass is 10.1. The summed E-state index contributed by atoms with van der Waals surface area (Å²) in [5, 5.41) is 7.56. The summed E-state index contributed by atoms with van der Waals surface area (Å²) >= 11 is 0. The average Bonchev–Trinajstić information content (AvgIpc) is 2.67. The van der Waals surface area contributed by atoms with Gasteiger partial charge in [0.1, 0.15) is 0 Å². The van der Waals surface area contributed by atoms with E-state index in [0.717, 1.165) is 25.9 Å². The lowest BCUT2D eigenvalue weighted by Gasteiger charge is -2.20. The van der Waals surface area contributed by atoms with Crippen molar-refractivity contribution >= 4 is 5.91 Å². The molecule has 0 aliphatic heterocycles. The second kappa shape index (κ2) is 8.32. The minimum atomic E-state index is 0.148. The predicted molar refractivity (Wildman–Crippen MR) is 88.6 cm³/mol. The topological polar surface area (TPSA) is 50.2 Å². The first-order valence-corrected chi connectivity index (χ1v) is 8.59. The first-order chi connectivity index (χ1) is 10.6. The third-order valence-corrected chi connectivity index (χ3v) is 4.58. The number of rotatable bonds is 6. The Bertz CT molecular complexity index is 475. The second-order valence-corrected chi connectivity index (χ2v) is 6.50. The minimum absolute atomic E-state index is 0.148. The normalized spacial score (nSPS) is 16.7. The summed E-state index contributed by atoms with van der Waals surface area (Å²) in [5.74, 6) is 0.148. The summed E-state index contributed by atoms with van der Waals surface area (Å²) in [4.78, 5) is 14.3. The molecular formula is C17H30N4O. The molecule has 0 spiro atoms. The van der Waals surface area contributed by atoms with E-state index in [2.05, 4.69) is 29.2 Å². The number of likely N-dealkylation sites (N-methyl/N-ethyl adjacent to an activating group) is 1. The molecule has 5 nitrogen and oxygen atoms in total. The van der Waals surface area contributed by atoms with Gasteiger partial charge in [0.05, 0.1) is 12.7 Å². The number of aryl methyl sites for hydroxylation is 1. The van der Waals surface area contributed by atoms with Crippen LogP contribution < -0.4 is 5.32 Å². The number of nitrogens with one attached hydrogen (secondary N) is 1. The van der Waals surface area contributed by atoms with E-state index in [4.69, 9.17) is 0 Å². The van der Waals surface area contributed by atoms with E-state index in [9.17, 15) is 4.79 Å². The molecule has 0 bridgehead atoms. The molecular weight excluding hydrogens is 276 g/mol. The molecule has 2 rings (SSSR count). The highest BCUT2D eigenvalue weighted by atomic mass is 16.2. The summed E-state index contributed by atoms with van der Waals surface area (Å²) in [6.45, 7) is 6.29. The van der Waals surface area contributed by atoms with Gasteiger partial charge in [0, 0.05) is 30.4 Å². The predicted octanol–water partition coefficient (Wildman–Crippen LogP) is 2.48. The summed E-state index contributed by atoms with van der Waals surface area (Å²) in [7, 11) is 2.00. The van der Waals surface area contributed by atoms with Crippen LogP contribution in [0, 0.1) is 6.92 Å². The maximum absolute atomic E-state index is 12.2. The molecule has 0 radical (unpaired) electrons. The number of hydrogen-bond donors (Lipinski definition) is 1. The number of carbonyl (C=O) groups is 1. The number of carbonyl (C=O) groups excluding carboxylic acids is 1. The molecule has 0 aromatic carbocycles. The zero-order valence-electron chi connectivity index (χ0n) is 14.3. The van der Waals surface area contributed by atoms with E-state index in [1.54, 1.807) is 0 Å². The Morgan fingerprint density at radius 1 is 1.36 bits per heavy atom. The molecule has 0 saturated heterocycles. The van der Waals surface area contributed by atoms with Gasteiger partial charge in [-0.15, -0.1) is 0 Å². The molecule has 1 aliphatic rings. The molecule has 1 aromatic heterocycles. The fourth-order valence-electron chi connectivity index (χ4n) is 3.25. The molecule has 22 heavy (non-hydrogen) atoms. The van der Waals surface area contributed by atoms with Crippen molar-refractivity contribution in [1.29, 1.82) is 0 Å². The Kier molecular flexibility index (Phi) is 6.43. The fourth-order valence-corrected chi connectivity index (χ4v) is 3.25. The Morgan fingerprint density at radius 3 is 2.64 bits per heavy atom. The van der Waals surface area contributed by atoms with Crippen molar-refractivity contribution in [1.82, 2.24) is 20.0 Å². The molecule has 124 valence electrons. The highest BCUT2D eigenvalue weighted by Crippen LogP contribution is 2.17. The van der Waals surface area contributed by atoms with Crippen LogP contribution in [0.25, 0.3) is 0 Å².